The molecule has 0 amide bonds. The molecule has 0 aliphatic heterocycles. The van der Waals surface area contributed by atoms with E-state index in [1.54, 1.807) is 0 Å². The second-order valence-electron chi connectivity index (χ2n) is 12.8. The van der Waals surface area contributed by atoms with Gasteiger partial charge in [-0.05, 0) is 53.1 Å². The van der Waals surface area contributed by atoms with Crippen molar-refractivity contribution in [2.24, 2.45) is 4.99 Å². The minimum Gasteiger partial charge on any atom is -0.455 e. The first-order valence-corrected chi connectivity index (χ1v) is 17.1. The van der Waals surface area contributed by atoms with Gasteiger partial charge in [-0.25, -0.2) is 0 Å². The lowest BCUT2D eigenvalue weighted by Crippen LogP contribution is -2.30. The molecule has 5 heteroatoms. The summed E-state index contributed by atoms with van der Waals surface area (Å²) in [7, 11) is 1.94. The number of aromatic nitrogens is 1. The number of hydrogen-bond donors (Lipinski definition) is 1. The van der Waals surface area contributed by atoms with Gasteiger partial charge in [0.1, 0.15) is 23.2 Å². The van der Waals surface area contributed by atoms with E-state index in [4.69, 9.17) is 14.8 Å². The Kier molecular flexibility index (Phi) is 7.51. The van der Waals surface area contributed by atoms with Crippen molar-refractivity contribution >= 4 is 55.8 Å². The van der Waals surface area contributed by atoms with E-state index in [1.165, 1.54) is 10.8 Å². The molecular weight excluding hydrogens is 625 g/mol. The van der Waals surface area contributed by atoms with E-state index in [-0.39, 0.29) is 0 Å². The lowest BCUT2D eigenvalue weighted by molar-refractivity contribution is 0.387. The average molecular weight is 659 g/mol. The predicted molar refractivity (Wildman–Crippen MR) is 211 cm³/mol. The maximum Gasteiger partial charge on any atom is 0.148 e. The lowest BCUT2D eigenvalue weighted by atomic mass is 10.0. The molecule has 51 heavy (non-hydrogen) atoms. The Morgan fingerprint density at radius 1 is 0.647 bits per heavy atom. The zero-order valence-electron chi connectivity index (χ0n) is 28.1. The summed E-state index contributed by atoms with van der Waals surface area (Å²) in [5.74, 6) is 0.403. The number of furan rings is 1. The van der Waals surface area contributed by atoms with Crippen LogP contribution in [0.2, 0.25) is 0 Å². The fourth-order valence-electron chi connectivity index (χ4n) is 7.24. The summed E-state index contributed by atoms with van der Waals surface area (Å²) < 4.78 is 8.76. The van der Waals surface area contributed by atoms with Crippen molar-refractivity contribution in [2.75, 3.05) is 7.05 Å². The van der Waals surface area contributed by atoms with Crippen LogP contribution in [-0.4, -0.2) is 28.6 Å². The minimum absolute atomic E-state index is 0.403. The second kappa shape index (κ2) is 12.6. The summed E-state index contributed by atoms with van der Waals surface area (Å²) in [6.45, 7) is 0. The first-order valence-electron chi connectivity index (χ1n) is 17.1. The quantitative estimate of drug-likeness (QED) is 0.137. The van der Waals surface area contributed by atoms with E-state index >= 15 is 0 Å². The van der Waals surface area contributed by atoms with Gasteiger partial charge in [0, 0.05) is 51.6 Å². The molecule has 5 nitrogen and oxygen atoms in total. The molecule has 0 radical (unpaired) electrons. The van der Waals surface area contributed by atoms with Gasteiger partial charge >= 0.3 is 0 Å². The van der Waals surface area contributed by atoms with Crippen LogP contribution in [0.5, 0.6) is 0 Å². The summed E-state index contributed by atoms with van der Waals surface area (Å²) in [4.78, 5) is 7.02. The third-order valence-corrected chi connectivity index (χ3v) is 9.75. The predicted octanol–water partition coefficient (Wildman–Crippen LogP) is 11.4. The van der Waals surface area contributed by atoms with Gasteiger partial charge in [0.15, 0.2) is 0 Å². The van der Waals surface area contributed by atoms with Gasteiger partial charge in [0.2, 0.25) is 0 Å². The van der Waals surface area contributed by atoms with E-state index in [0.717, 1.165) is 66.5 Å². The lowest BCUT2D eigenvalue weighted by Gasteiger charge is -2.28. The minimum atomic E-state index is -0.429. The molecular formula is C46H34N4O. The van der Waals surface area contributed by atoms with Gasteiger partial charge in [-0.3, -0.25) is 10.4 Å². The molecule has 0 fully saturated rings. The van der Waals surface area contributed by atoms with Crippen molar-refractivity contribution in [3.8, 4) is 16.8 Å². The first-order chi connectivity index (χ1) is 25.1. The number of rotatable bonds is 7. The number of amidine groups is 1. The second-order valence-corrected chi connectivity index (χ2v) is 12.8. The molecule has 0 spiro atoms. The van der Waals surface area contributed by atoms with Crippen LogP contribution in [-0.2, 0) is 0 Å². The summed E-state index contributed by atoms with van der Waals surface area (Å²) in [6.07, 6.45) is 1.47. The Morgan fingerprint density at radius 3 is 2.18 bits per heavy atom. The van der Waals surface area contributed by atoms with Crippen LogP contribution in [0.4, 0.5) is 0 Å². The van der Waals surface area contributed by atoms with Crippen molar-refractivity contribution in [3.63, 3.8) is 0 Å². The molecule has 1 N–H and O–H groups in total. The molecule has 244 valence electrons. The molecule has 0 aliphatic carbocycles. The first kappa shape index (κ1) is 30.3. The Labute approximate surface area is 295 Å². The fraction of sp³-hybridized carbons (Fsp3) is 0.0435. The van der Waals surface area contributed by atoms with E-state index in [1.807, 2.05) is 91.0 Å². The van der Waals surface area contributed by atoms with Crippen LogP contribution in [0, 0.1) is 5.41 Å². The fourth-order valence-corrected chi connectivity index (χ4v) is 7.24. The molecule has 1 atom stereocenters. The van der Waals surface area contributed by atoms with Gasteiger partial charge in [0.25, 0.3) is 0 Å². The molecule has 2 heterocycles. The van der Waals surface area contributed by atoms with Gasteiger partial charge in [-0.2, -0.15) is 0 Å². The molecule has 2 aromatic heterocycles. The third kappa shape index (κ3) is 5.36. The molecule has 0 bridgehead atoms. The van der Waals surface area contributed by atoms with Crippen LogP contribution in [0.15, 0.2) is 179 Å². The highest BCUT2D eigenvalue weighted by Crippen LogP contribution is 2.39. The number of nitrogens with zero attached hydrogens (tertiary/aromatic N) is 3. The Hall–Kier alpha value is -6.72. The van der Waals surface area contributed by atoms with E-state index in [2.05, 4.69) is 102 Å². The molecule has 0 saturated carbocycles. The van der Waals surface area contributed by atoms with Crippen LogP contribution in [0.3, 0.4) is 0 Å². The Bertz CT molecular complexity index is 2740. The normalized spacial score (nSPS) is 12.3. The summed E-state index contributed by atoms with van der Waals surface area (Å²) in [6, 6.07) is 58.4. The van der Waals surface area contributed by atoms with Crippen LogP contribution in [0.25, 0.3) is 60.6 Å². The van der Waals surface area contributed by atoms with Gasteiger partial charge in [-0.15, -0.1) is 0 Å². The smallest absolute Gasteiger partial charge is 0.148 e. The van der Waals surface area contributed by atoms with Crippen molar-refractivity contribution in [2.45, 2.75) is 6.17 Å². The number of hydrogen-bond acceptors (Lipinski definition) is 3. The molecule has 0 aliphatic rings. The highest BCUT2D eigenvalue weighted by atomic mass is 16.3. The molecule has 9 rings (SSSR count). The zero-order chi connectivity index (χ0) is 34.3. The van der Waals surface area contributed by atoms with E-state index < -0.39 is 6.17 Å². The number of benzene rings is 7. The SMILES string of the molecule is CN(C(=N)c1ccccc1)C(/N=C/c1ccccc1)c1cccc(-n2c3ccccc3c3cc(-c4cccc5c4oc4ccccc45)ccc32)c1. The number of aliphatic imine (C=N–C) groups is 1. The molecule has 7 aromatic carbocycles. The topological polar surface area (TPSA) is 57.5 Å². The van der Waals surface area contributed by atoms with E-state index in [9.17, 15) is 0 Å². The van der Waals surface area contributed by atoms with Crippen molar-refractivity contribution in [1.29, 1.82) is 5.41 Å². The maximum atomic E-state index is 9.12. The van der Waals surface area contributed by atoms with Crippen molar-refractivity contribution < 1.29 is 4.42 Å². The van der Waals surface area contributed by atoms with Crippen LogP contribution in [0.1, 0.15) is 22.9 Å². The van der Waals surface area contributed by atoms with Crippen LogP contribution < -0.4 is 0 Å². The monoisotopic (exact) mass is 658 g/mol. The molecule has 1 unspecified atom stereocenters. The number of para-hydroxylation sites is 3. The van der Waals surface area contributed by atoms with Gasteiger partial charge in [-0.1, -0.05) is 133 Å². The Balaban J connectivity index is 1.17. The average Bonchev–Trinajstić information content (AvgIpc) is 3.74. The number of fused-ring (bicyclic) bond motifs is 6. The highest BCUT2D eigenvalue weighted by molar-refractivity contribution is 6.13. The van der Waals surface area contributed by atoms with Crippen LogP contribution >= 0.6 is 0 Å². The van der Waals surface area contributed by atoms with Crippen molar-refractivity contribution in [1.82, 2.24) is 9.47 Å². The van der Waals surface area contributed by atoms with Gasteiger partial charge < -0.3 is 13.9 Å². The molecule has 9 aromatic rings. The third-order valence-electron chi connectivity index (χ3n) is 9.75. The Morgan fingerprint density at radius 2 is 1.33 bits per heavy atom. The summed E-state index contributed by atoms with van der Waals surface area (Å²) in [5.41, 5.74) is 10.1. The summed E-state index contributed by atoms with van der Waals surface area (Å²) >= 11 is 0. The number of nitrogens with one attached hydrogen (secondary N) is 1. The highest BCUT2D eigenvalue weighted by Gasteiger charge is 2.21. The van der Waals surface area contributed by atoms with Crippen molar-refractivity contribution in [3.05, 3.63) is 187 Å². The zero-order valence-corrected chi connectivity index (χ0v) is 28.1. The summed E-state index contributed by atoms with van der Waals surface area (Å²) in [5, 5.41) is 13.7. The maximum absolute atomic E-state index is 9.12. The standard InChI is InChI=1S/C46H34N4O/c1-49(45(47)32-16-6-3-7-17-32)46(48-30-31-14-4-2-5-15-31)34-18-12-19-35(28-34)50-41-24-10-8-20-37(41)40-29-33(26-27-42(40)50)36-22-13-23-39-38-21-9-11-25-43(38)51-44(36)39/h2-30,46-47H,1H3/b47-45?,48-30+. The largest absolute Gasteiger partial charge is 0.455 e. The van der Waals surface area contributed by atoms with E-state index in [0.29, 0.717) is 5.84 Å². The molecule has 0 saturated heterocycles. The van der Waals surface area contributed by atoms with Gasteiger partial charge in [0.05, 0.1) is 11.0 Å².